The van der Waals surface area contributed by atoms with Gasteiger partial charge in [0.15, 0.2) is 0 Å². The van der Waals surface area contributed by atoms with Crippen LogP contribution < -0.4 is 5.32 Å². The highest BCUT2D eigenvalue weighted by Gasteiger charge is 2.30. The van der Waals surface area contributed by atoms with Gasteiger partial charge in [0.05, 0.1) is 19.6 Å². The maximum absolute atomic E-state index is 11.5. The summed E-state index contributed by atoms with van der Waals surface area (Å²) in [5.41, 5.74) is -0.531. The lowest BCUT2D eigenvalue weighted by Gasteiger charge is -2.21. The Bertz CT molecular complexity index is 310. The number of carboxylic acid groups (broad SMARTS) is 1. The smallest absolute Gasteiger partial charge is 0.407 e. The highest BCUT2D eigenvalue weighted by atomic mass is 16.6. The normalized spacial score (nSPS) is 23.7. The molecule has 0 bridgehead atoms. The standard InChI is InChI=1S/C12H21NO5/c1-12(2,3)18-11(16)13-5-9-7-17-6-8(9)4-10(14)15/h8-9H,4-7H2,1-3H3,(H,13,16)(H,14,15)/t8-,9+/m0/s1. The molecule has 1 aliphatic rings. The minimum Gasteiger partial charge on any atom is -0.481 e. The van der Waals surface area contributed by atoms with Gasteiger partial charge in [-0.2, -0.15) is 0 Å². The van der Waals surface area contributed by atoms with Crippen LogP contribution in [0.1, 0.15) is 27.2 Å². The van der Waals surface area contributed by atoms with Crippen LogP contribution >= 0.6 is 0 Å². The van der Waals surface area contributed by atoms with E-state index in [4.69, 9.17) is 14.6 Å². The van der Waals surface area contributed by atoms with Crippen molar-refractivity contribution in [3.05, 3.63) is 0 Å². The summed E-state index contributed by atoms with van der Waals surface area (Å²) in [4.78, 5) is 22.1. The third-order valence-electron chi connectivity index (χ3n) is 2.67. The van der Waals surface area contributed by atoms with E-state index >= 15 is 0 Å². The molecule has 0 aliphatic carbocycles. The Morgan fingerprint density at radius 2 is 1.94 bits per heavy atom. The van der Waals surface area contributed by atoms with Crippen LogP contribution in [0.2, 0.25) is 0 Å². The molecule has 18 heavy (non-hydrogen) atoms. The van der Waals surface area contributed by atoms with Gasteiger partial charge in [-0.1, -0.05) is 0 Å². The van der Waals surface area contributed by atoms with Gasteiger partial charge in [-0.25, -0.2) is 4.79 Å². The third kappa shape index (κ3) is 5.35. The van der Waals surface area contributed by atoms with E-state index < -0.39 is 17.7 Å². The van der Waals surface area contributed by atoms with Crippen LogP contribution in [-0.2, 0) is 14.3 Å². The average Bonchev–Trinajstić information content (AvgIpc) is 2.58. The van der Waals surface area contributed by atoms with Gasteiger partial charge in [-0.3, -0.25) is 4.79 Å². The van der Waals surface area contributed by atoms with Gasteiger partial charge in [0.1, 0.15) is 5.60 Å². The van der Waals surface area contributed by atoms with Crippen molar-refractivity contribution in [3.8, 4) is 0 Å². The lowest BCUT2D eigenvalue weighted by Crippen LogP contribution is -2.37. The molecule has 1 saturated heterocycles. The number of ether oxygens (including phenoxy) is 2. The molecule has 1 rings (SSSR count). The molecular weight excluding hydrogens is 238 g/mol. The topological polar surface area (TPSA) is 84.9 Å². The van der Waals surface area contributed by atoms with Crippen LogP contribution in [0.4, 0.5) is 4.79 Å². The van der Waals surface area contributed by atoms with E-state index in [2.05, 4.69) is 5.32 Å². The number of rotatable bonds is 4. The zero-order chi connectivity index (χ0) is 13.8. The molecule has 0 aromatic heterocycles. The number of amides is 1. The van der Waals surface area contributed by atoms with Crippen molar-refractivity contribution < 1.29 is 24.2 Å². The summed E-state index contributed by atoms with van der Waals surface area (Å²) >= 11 is 0. The molecule has 1 fully saturated rings. The van der Waals surface area contributed by atoms with Crippen LogP contribution in [-0.4, -0.2) is 42.5 Å². The van der Waals surface area contributed by atoms with Gasteiger partial charge in [0, 0.05) is 12.5 Å². The van der Waals surface area contributed by atoms with Crippen molar-refractivity contribution in [1.29, 1.82) is 0 Å². The molecule has 1 aliphatic heterocycles. The zero-order valence-electron chi connectivity index (χ0n) is 11.1. The number of carbonyl (C=O) groups is 2. The minimum atomic E-state index is -0.840. The van der Waals surface area contributed by atoms with Gasteiger partial charge in [-0.05, 0) is 26.7 Å². The first-order valence-corrected chi connectivity index (χ1v) is 6.04. The van der Waals surface area contributed by atoms with Gasteiger partial charge in [-0.15, -0.1) is 0 Å². The van der Waals surface area contributed by atoms with E-state index in [-0.39, 0.29) is 18.3 Å². The second-order valence-electron chi connectivity index (χ2n) is 5.54. The van der Waals surface area contributed by atoms with E-state index in [0.717, 1.165) is 0 Å². The molecule has 0 unspecified atom stereocenters. The third-order valence-corrected chi connectivity index (χ3v) is 2.67. The molecule has 2 atom stereocenters. The van der Waals surface area contributed by atoms with Crippen molar-refractivity contribution in [1.82, 2.24) is 5.32 Å². The number of hydrogen-bond acceptors (Lipinski definition) is 4. The predicted octanol–water partition coefficient (Wildman–Crippen LogP) is 1.25. The molecule has 0 saturated carbocycles. The van der Waals surface area contributed by atoms with Gasteiger partial charge in [0.25, 0.3) is 0 Å². The molecule has 2 N–H and O–H groups in total. The lowest BCUT2D eigenvalue weighted by molar-refractivity contribution is -0.138. The lowest BCUT2D eigenvalue weighted by atomic mass is 9.93. The van der Waals surface area contributed by atoms with Crippen LogP contribution in [0.3, 0.4) is 0 Å². The molecule has 0 aromatic carbocycles. The number of hydrogen-bond donors (Lipinski definition) is 2. The van der Waals surface area contributed by atoms with Crippen LogP contribution in [0.25, 0.3) is 0 Å². The molecule has 6 nitrogen and oxygen atoms in total. The Kier molecular flexibility index (Phi) is 4.95. The Balaban J connectivity index is 2.34. The van der Waals surface area contributed by atoms with E-state index in [1.54, 1.807) is 20.8 Å². The average molecular weight is 259 g/mol. The molecule has 6 heteroatoms. The fourth-order valence-electron chi connectivity index (χ4n) is 1.85. The van der Waals surface area contributed by atoms with Crippen LogP contribution in [0, 0.1) is 11.8 Å². The molecule has 0 spiro atoms. The molecule has 0 radical (unpaired) electrons. The largest absolute Gasteiger partial charge is 0.481 e. The summed E-state index contributed by atoms with van der Waals surface area (Å²) in [6.45, 7) is 6.67. The van der Waals surface area contributed by atoms with Crippen molar-refractivity contribution in [2.45, 2.75) is 32.8 Å². The fraction of sp³-hybridized carbons (Fsp3) is 0.833. The van der Waals surface area contributed by atoms with E-state index in [0.29, 0.717) is 19.8 Å². The Labute approximate surface area is 107 Å². The minimum absolute atomic E-state index is 0.0358. The Morgan fingerprint density at radius 3 is 2.50 bits per heavy atom. The number of aliphatic carboxylic acids is 1. The van der Waals surface area contributed by atoms with Gasteiger partial charge >= 0.3 is 12.1 Å². The fourth-order valence-corrected chi connectivity index (χ4v) is 1.85. The van der Waals surface area contributed by atoms with Gasteiger partial charge in [0.2, 0.25) is 0 Å². The predicted molar refractivity (Wildman–Crippen MR) is 64.3 cm³/mol. The maximum atomic E-state index is 11.5. The molecule has 104 valence electrons. The van der Waals surface area contributed by atoms with E-state index in [1.165, 1.54) is 0 Å². The molecule has 0 aromatic rings. The SMILES string of the molecule is CC(C)(C)OC(=O)NC[C@@H]1COC[C@@H]1CC(=O)O. The number of alkyl carbamates (subject to hydrolysis) is 1. The highest BCUT2D eigenvalue weighted by Crippen LogP contribution is 2.23. The molecule has 1 amide bonds. The summed E-state index contributed by atoms with van der Waals surface area (Å²) in [7, 11) is 0. The van der Waals surface area contributed by atoms with Crippen molar-refractivity contribution in [2.75, 3.05) is 19.8 Å². The van der Waals surface area contributed by atoms with Crippen LogP contribution in [0.15, 0.2) is 0 Å². The first-order chi connectivity index (χ1) is 8.28. The quantitative estimate of drug-likeness (QED) is 0.793. The van der Waals surface area contributed by atoms with Crippen molar-refractivity contribution >= 4 is 12.1 Å². The second kappa shape index (κ2) is 6.04. The van der Waals surface area contributed by atoms with E-state index in [9.17, 15) is 9.59 Å². The summed E-state index contributed by atoms with van der Waals surface area (Å²) < 4.78 is 10.4. The Hall–Kier alpha value is -1.30. The first kappa shape index (κ1) is 14.8. The van der Waals surface area contributed by atoms with Gasteiger partial charge < -0.3 is 19.9 Å². The Morgan fingerprint density at radius 1 is 1.33 bits per heavy atom. The summed E-state index contributed by atoms with van der Waals surface area (Å²) in [6.07, 6.45) is -0.413. The number of carbonyl (C=O) groups excluding carboxylic acids is 1. The van der Waals surface area contributed by atoms with Crippen LogP contribution in [0.5, 0.6) is 0 Å². The first-order valence-electron chi connectivity index (χ1n) is 6.04. The van der Waals surface area contributed by atoms with Crippen molar-refractivity contribution in [2.24, 2.45) is 11.8 Å². The van der Waals surface area contributed by atoms with Crippen molar-refractivity contribution in [3.63, 3.8) is 0 Å². The monoisotopic (exact) mass is 259 g/mol. The molecule has 1 heterocycles. The highest BCUT2D eigenvalue weighted by molar-refractivity contribution is 5.68. The summed E-state index contributed by atoms with van der Waals surface area (Å²) in [6, 6.07) is 0. The molecular formula is C12H21NO5. The number of nitrogens with one attached hydrogen (secondary N) is 1. The maximum Gasteiger partial charge on any atom is 0.407 e. The summed E-state index contributed by atoms with van der Waals surface area (Å²) in [5, 5.41) is 11.4. The second-order valence-corrected chi connectivity index (χ2v) is 5.54. The van der Waals surface area contributed by atoms with E-state index in [1.807, 2.05) is 0 Å². The number of carboxylic acids is 1. The summed E-state index contributed by atoms with van der Waals surface area (Å²) in [5.74, 6) is -0.848. The zero-order valence-corrected chi connectivity index (χ0v) is 11.1.